The van der Waals surface area contributed by atoms with Crippen molar-refractivity contribution < 1.29 is 26.4 Å². The van der Waals surface area contributed by atoms with Gasteiger partial charge >= 0.3 is 5.97 Å². The van der Waals surface area contributed by atoms with Gasteiger partial charge < -0.3 is 10.5 Å². The maximum atomic E-state index is 12.5. The molecule has 9 nitrogen and oxygen atoms in total. The lowest BCUT2D eigenvalue weighted by Crippen LogP contribution is -2.19. The number of hydrogen-bond acceptors (Lipinski definition) is 8. The van der Waals surface area contributed by atoms with E-state index in [9.17, 15) is 21.6 Å². The van der Waals surface area contributed by atoms with Crippen LogP contribution in [0, 0.1) is 0 Å². The number of rotatable bonds is 5. The fraction of sp³-hybridized carbons (Fsp3) is 0.0833. The van der Waals surface area contributed by atoms with Gasteiger partial charge in [-0.3, -0.25) is 4.72 Å². The Balaban J connectivity index is 2.49. The summed E-state index contributed by atoms with van der Waals surface area (Å²) in [6.07, 6.45) is 0. The van der Waals surface area contributed by atoms with Crippen LogP contribution >= 0.6 is 11.3 Å². The van der Waals surface area contributed by atoms with Crippen LogP contribution in [-0.2, 0) is 24.8 Å². The molecule has 130 valence electrons. The number of nitrogens with two attached hydrogens (primary N) is 2. The number of hydrogen-bond donors (Lipinski definition) is 3. The van der Waals surface area contributed by atoms with Crippen LogP contribution < -0.4 is 15.6 Å². The Kier molecular flexibility index (Phi) is 4.85. The van der Waals surface area contributed by atoms with Gasteiger partial charge in [-0.05, 0) is 23.6 Å². The minimum absolute atomic E-state index is 0.119. The second kappa shape index (κ2) is 6.39. The number of benzene rings is 1. The molecule has 0 amide bonds. The molecule has 0 aliphatic carbocycles. The first kappa shape index (κ1) is 18.2. The van der Waals surface area contributed by atoms with Crippen LogP contribution in [0.4, 0.5) is 11.4 Å². The number of nitrogen functional groups attached to an aromatic ring is 1. The topological polar surface area (TPSA) is 159 Å². The summed E-state index contributed by atoms with van der Waals surface area (Å²) in [6.45, 7) is 0. The van der Waals surface area contributed by atoms with E-state index < -0.39 is 30.9 Å². The Labute approximate surface area is 142 Å². The first-order valence-electron chi connectivity index (χ1n) is 6.18. The zero-order valence-electron chi connectivity index (χ0n) is 12.2. The zero-order chi connectivity index (χ0) is 18.1. The molecular weight excluding hydrogens is 378 g/mol. The number of carbonyl (C=O) groups excluding carboxylic acids is 1. The third-order valence-electron chi connectivity index (χ3n) is 2.91. The predicted molar refractivity (Wildman–Crippen MR) is 88.7 cm³/mol. The van der Waals surface area contributed by atoms with Crippen LogP contribution in [0.2, 0.25) is 0 Å². The van der Waals surface area contributed by atoms with Gasteiger partial charge in [0.05, 0.1) is 18.5 Å². The number of sulfonamides is 2. The molecule has 0 saturated heterocycles. The van der Waals surface area contributed by atoms with Crippen LogP contribution in [0.3, 0.4) is 0 Å². The third-order valence-corrected chi connectivity index (χ3v) is 6.31. The summed E-state index contributed by atoms with van der Waals surface area (Å²) in [4.78, 5) is 10.8. The average molecular weight is 391 g/mol. The molecule has 1 heterocycles. The highest BCUT2D eigenvalue weighted by molar-refractivity contribution is 7.93. The molecular formula is C12H13N3O6S3. The van der Waals surface area contributed by atoms with E-state index in [-0.39, 0.29) is 21.1 Å². The Bertz CT molecular complexity index is 995. The van der Waals surface area contributed by atoms with Gasteiger partial charge in [-0.15, -0.1) is 11.3 Å². The first-order chi connectivity index (χ1) is 11.1. The van der Waals surface area contributed by atoms with Crippen LogP contribution in [0.1, 0.15) is 9.67 Å². The maximum Gasteiger partial charge on any atom is 0.349 e. The average Bonchev–Trinajstić information content (AvgIpc) is 2.97. The number of para-hydroxylation sites is 1. The molecule has 1 aromatic carbocycles. The second-order valence-corrected chi connectivity index (χ2v) is 8.57. The molecule has 1 aromatic heterocycles. The van der Waals surface area contributed by atoms with E-state index in [1.165, 1.54) is 23.6 Å². The minimum Gasteiger partial charge on any atom is -0.465 e. The molecule has 0 atom stereocenters. The van der Waals surface area contributed by atoms with Gasteiger partial charge in [-0.1, -0.05) is 6.07 Å². The van der Waals surface area contributed by atoms with Gasteiger partial charge in [0.1, 0.15) is 14.7 Å². The van der Waals surface area contributed by atoms with Crippen molar-refractivity contribution in [3.8, 4) is 0 Å². The van der Waals surface area contributed by atoms with E-state index in [4.69, 9.17) is 10.9 Å². The van der Waals surface area contributed by atoms with Crippen molar-refractivity contribution in [1.82, 2.24) is 0 Å². The summed E-state index contributed by atoms with van der Waals surface area (Å²) in [7, 11) is -7.19. The third kappa shape index (κ3) is 3.51. The lowest BCUT2D eigenvalue weighted by Gasteiger charge is -2.12. The monoisotopic (exact) mass is 391 g/mol. The molecule has 0 radical (unpaired) electrons. The zero-order valence-corrected chi connectivity index (χ0v) is 14.7. The summed E-state index contributed by atoms with van der Waals surface area (Å²) in [5, 5.41) is 6.43. The summed E-state index contributed by atoms with van der Waals surface area (Å²) >= 11 is 0.890. The Hall–Kier alpha value is -2.15. The molecule has 2 rings (SSSR count). The summed E-state index contributed by atoms with van der Waals surface area (Å²) in [5.41, 5.74) is 5.15. The number of esters is 1. The second-order valence-electron chi connectivity index (χ2n) is 4.47. The molecule has 0 unspecified atom stereocenters. The van der Waals surface area contributed by atoms with E-state index in [0.29, 0.717) is 0 Å². The van der Waals surface area contributed by atoms with E-state index >= 15 is 0 Å². The van der Waals surface area contributed by atoms with Crippen LogP contribution in [-0.4, -0.2) is 29.9 Å². The molecule has 12 heteroatoms. The number of ether oxygens (including phenoxy) is 1. The van der Waals surface area contributed by atoms with Crippen molar-refractivity contribution in [3.63, 3.8) is 0 Å². The molecule has 5 N–H and O–H groups in total. The lowest BCUT2D eigenvalue weighted by molar-refractivity contribution is 0.0602. The number of methoxy groups -OCH3 is 1. The largest absolute Gasteiger partial charge is 0.465 e. The van der Waals surface area contributed by atoms with Gasteiger partial charge in [0.25, 0.3) is 10.0 Å². The Morgan fingerprint density at radius 3 is 2.42 bits per heavy atom. The van der Waals surface area contributed by atoms with Gasteiger partial charge in [-0.2, -0.15) is 0 Å². The summed E-state index contributed by atoms with van der Waals surface area (Å²) in [6, 6.07) is 4.92. The fourth-order valence-electron chi connectivity index (χ4n) is 1.83. The quantitative estimate of drug-likeness (QED) is 0.496. The molecule has 24 heavy (non-hydrogen) atoms. The van der Waals surface area contributed by atoms with E-state index in [2.05, 4.69) is 9.46 Å². The molecule has 0 saturated carbocycles. The summed E-state index contributed by atoms with van der Waals surface area (Å²) in [5.74, 6) is -0.809. The number of thiophene rings is 1. The normalized spacial score (nSPS) is 11.9. The molecule has 0 spiro atoms. The highest BCUT2D eigenvalue weighted by atomic mass is 32.2. The van der Waals surface area contributed by atoms with Crippen molar-refractivity contribution in [1.29, 1.82) is 0 Å². The highest BCUT2D eigenvalue weighted by Gasteiger charge is 2.26. The first-order valence-corrected chi connectivity index (χ1v) is 10.1. The van der Waals surface area contributed by atoms with E-state index in [1.54, 1.807) is 0 Å². The molecule has 2 aromatic rings. The van der Waals surface area contributed by atoms with Gasteiger partial charge in [-0.25, -0.2) is 26.8 Å². The molecule has 0 aliphatic rings. The lowest BCUT2D eigenvalue weighted by atomic mass is 10.3. The van der Waals surface area contributed by atoms with Crippen molar-refractivity contribution >= 4 is 48.7 Å². The van der Waals surface area contributed by atoms with Gasteiger partial charge in [0.15, 0.2) is 0 Å². The SMILES string of the molecule is COC(=O)c1sccc1S(=O)(=O)Nc1cccc(S(N)(=O)=O)c1N. The molecule has 0 fully saturated rings. The van der Waals surface area contributed by atoms with Gasteiger partial charge in [0, 0.05) is 0 Å². The van der Waals surface area contributed by atoms with Crippen molar-refractivity contribution in [2.45, 2.75) is 9.79 Å². The Morgan fingerprint density at radius 2 is 1.83 bits per heavy atom. The Morgan fingerprint density at radius 1 is 1.17 bits per heavy atom. The van der Waals surface area contributed by atoms with Crippen molar-refractivity contribution in [2.24, 2.45) is 5.14 Å². The number of primary sulfonamides is 1. The van der Waals surface area contributed by atoms with Crippen LogP contribution in [0.15, 0.2) is 39.4 Å². The highest BCUT2D eigenvalue weighted by Crippen LogP contribution is 2.30. The summed E-state index contributed by atoms with van der Waals surface area (Å²) < 4.78 is 54.5. The minimum atomic E-state index is -4.20. The van der Waals surface area contributed by atoms with Crippen LogP contribution in [0.5, 0.6) is 0 Å². The maximum absolute atomic E-state index is 12.5. The number of nitrogens with one attached hydrogen (secondary N) is 1. The van der Waals surface area contributed by atoms with Gasteiger partial charge in [0.2, 0.25) is 10.0 Å². The smallest absolute Gasteiger partial charge is 0.349 e. The fourth-order valence-corrected chi connectivity index (χ4v) is 4.93. The number of carbonyl (C=O) groups is 1. The van der Waals surface area contributed by atoms with E-state index in [1.807, 2.05) is 0 Å². The number of anilines is 2. The molecule has 0 bridgehead atoms. The van der Waals surface area contributed by atoms with Crippen LogP contribution in [0.25, 0.3) is 0 Å². The predicted octanol–water partition coefficient (Wildman–Crippen LogP) is 0.565. The molecule has 0 aliphatic heterocycles. The van der Waals surface area contributed by atoms with E-state index in [0.717, 1.165) is 24.5 Å². The van der Waals surface area contributed by atoms with Crippen molar-refractivity contribution in [2.75, 3.05) is 17.6 Å². The van der Waals surface area contributed by atoms with Crippen molar-refractivity contribution in [3.05, 3.63) is 34.5 Å². The standard InChI is InChI=1S/C12H13N3O6S3/c1-21-12(16)11-9(5-6-22-11)24(19,20)15-7-3-2-4-8(10(7)13)23(14,17)18/h2-6,15H,13H2,1H3,(H2,14,17,18).